The third kappa shape index (κ3) is 6.05. The number of thioether (sulfide) groups is 1. The number of amides is 1. The van der Waals surface area contributed by atoms with Gasteiger partial charge in [0.15, 0.2) is 0 Å². The van der Waals surface area contributed by atoms with E-state index in [1.54, 1.807) is 37.3 Å². The van der Waals surface area contributed by atoms with E-state index in [1.165, 1.54) is 42.3 Å². The van der Waals surface area contributed by atoms with Crippen LogP contribution < -0.4 is 5.32 Å². The van der Waals surface area contributed by atoms with Gasteiger partial charge in [-0.15, -0.1) is 11.8 Å². The predicted molar refractivity (Wildman–Crippen MR) is 106 cm³/mol. The zero-order chi connectivity index (χ0) is 20.0. The summed E-state index contributed by atoms with van der Waals surface area (Å²) in [7, 11) is -0.498. The molecule has 2 aromatic carbocycles. The molecule has 0 aliphatic rings. The second kappa shape index (κ2) is 9.34. The third-order valence-corrected chi connectivity index (χ3v) is 6.95. The zero-order valence-corrected chi connectivity index (χ0v) is 17.1. The molecule has 1 N–H and O–H groups in total. The van der Waals surface area contributed by atoms with Crippen molar-refractivity contribution in [3.8, 4) is 0 Å². The minimum absolute atomic E-state index is 0.124. The first kappa shape index (κ1) is 21.4. The van der Waals surface area contributed by atoms with Gasteiger partial charge in [-0.05, 0) is 42.3 Å². The molecule has 0 spiro atoms. The summed E-state index contributed by atoms with van der Waals surface area (Å²) in [6.45, 7) is 2.13. The van der Waals surface area contributed by atoms with Crippen LogP contribution in [0.2, 0.25) is 0 Å². The highest BCUT2D eigenvalue weighted by Crippen LogP contribution is 2.21. The fraction of sp³-hybridized carbons (Fsp3) is 0.316. The molecule has 1 atom stereocenters. The second-order valence-corrected chi connectivity index (χ2v) is 9.71. The molecule has 1 unspecified atom stereocenters. The molecule has 1 amide bonds. The Bertz CT molecular complexity index is 884. The van der Waals surface area contributed by atoms with Crippen molar-refractivity contribution in [1.29, 1.82) is 0 Å². The van der Waals surface area contributed by atoms with Crippen LogP contribution in [0.3, 0.4) is 0 Å². The minimum atomic E-state index is -3.48. The van der Waals surface area contributed by atoms with E-state index in [2.05, 4.69) is 5.32 Å². The number of rotatable bonds is 8. The van der Waals surface area contributed by atoms with Crippen LogP contribution in [0.25, 0.3) is 0 Å². The molecule has 5 nitrogen and oxygen atoms in total. The summed E-state index contributed by atoms with van der Waals surface area (Å²) in [4.78, 5) is 12.4. The van der Waals surface area contributed by atoms with Crippen LogP contribution >= 0.6 is 11.8 Å². The molecule has 146 valence electrons. The van der Waals surface area contributed by atoms with Crippen molar-refractivity contribution >= 4 is 27.7 Å². The zero-order valence-electron chi connectivity index (χ0n) is 15.5. The van der Waals surface area contributed by atoms with Crippen molar-refractivity contribution in [2.45, 2.75) is 29.4 Å². The van der Waals surface area contributed by atoms with E-state index in [1.807, 2.05) is 6.07 Å². The lowest BCUT2D eigenvalue weighted by atomic mass is 10.2. The smallest absolute Gasteiger partial charge is 0.242 e. The summed E-state index contributed by atoms with van der Waals surface area (Å²) in [5, 5.41) is 2.51. The summed E-state index contributed by atoms with van der Waals surface area (Å²) in [6.07, 6.45) is 0. The normalized spacial score (nSPS) is 12.8. The van der Waals surface area contributed by atoms with Gasteiger partial charge in [0, 0.05) is 26.4 Å². The van der Waals surface area contributed by atoms with Gasteiger partial charge < -0.3 is 5.32 Å². The first-order valence-electron chi connectivity index (χ1n) is 8.35. The summed E-state index contributed by atoms with van der Waals surface area (Å²) in [5.41, 5.74) is 1.66. The average molecular weight is 411 g/mol. The van der Waals surface area contributed by atoms with Gasteiger partial charge in [0.1, 0.15) is 5.82 Å². The van der Waals surface area contributed by atoms with Crippen LogP contribution in [-0.2, 0) is 27.1 Å². The van der Waals surface area contributed by atoms with Gasteiger partial charge in [0.05, 0.1) is 10.1 Å². The van der Waals surface area contributed by atoms with Crippen LogP contribution in [0.5, 0.6) is 0 Å². The molecule has 0 saturated carbocycles. The van der Waals surface area contributed by atoms with Crippen molar-refractivity contribution in [3.05, 3.63) is 65.5 Å². The number of hydrogen-bond donors (Lipinski definition) is 1. The first-order valence-corrected chi connectivity index (χ1v) is 10.8. The van der Waals surface area contributed by atoms with Crippen molar-refractivity contribution in [2.24, 2.45) is 0 Å². The molecule has 0 aliphatic heterocycles. The lowest BCUT2D eigenvalue weighted by Gasteiger charge is -2.14. The van der Waals surface area contributed by atoms with E-state index in [4.69, 9.17) is 0 Å². The van der Waals surface area contributed by atoms with Gasteiger partial charge in [-0.3, -0.25) is 4.79 Å². The van der Waals surface area contributed by atoms with Crippen LogP contribution in [0.1, 0.15) is 18.1 Å². The van der Waals surface area contributed by atoms with Crippen molar-refractivity contribution < 1.29 is 17.6 Å². The molecule has 8 heteroatoms. The number of carbonyl (C=O) groups excluding carboxylic acids is 1. The number of sulfonamides is 1. The number of nitrogens with one attached hydrogen (secondary N) is 1. The van der Waals surface area contributed by atoms with Crippen molar-refractivity contribution in [3.63, 3.8) is 0 Å². The van der Waals surface area contributed by atoms with E-state index in [0.29, 0.717) is 12.3 Å². The summed E-state index contributed by atoms with van der Waals surface area (Å²) in [6, 6.07) is 12.7. The Labute approximate surface area is 164 Å². The molecular formula is C19H23FN2O3S2. The standard InChI is InChI=1S/C19H23FN2O3S2/c1-14(19(23)21-12-15-7-9-17(20)10-8-15)26-13-16-5-4-6-18(11-16)27(24,25)22(2)3/h4-11,14H,12-13H2,1-3H3,(H,21,23). The van der Waals surface area contributed by atoms with E-state index in [0.717, 1.165) is 11.1 Å². The fourth-order valence-corrected chi connectivity index (χ4v) is 4.07. The Morgan fingerprint density at radius 3 is 2.44 bits per heavy atom. The Kier molecular flexibility index (Phi) is 7.41. The van der Waals surface area contributed by atoms with Crippen molar-refractivity contribution in [1.82, 2.24) is 9.62 Å². The number of carbonyl (C=O) groups is 1. The quantitative estimate of drug-likeness (QED) is 0.727. The fourth-order valence-electron chi connectivity index (χ4n) is 2.24. The molecule has 27 heavy (non-hydrogen) atoms. The number of hydrogen-bond acceptors (Lipinski definition) is 4. The Morgan fingerprint density at radius 2 is 1.81 bits per heavy atom. The monoisotopic (exact) mass is 410 g/mol. The molecule has 0 saturated heterocycles. The Morgan fingerprint density at radius 1 is 1.15 bits per heavy atom. The van der Waals surface area contributed by atoms with Crippen LogP contribution in [-0.4, -0.2) is 38.0 Å². The SMILES string of the molecule is CC(SCc1cccc(S(=O)(=O)N(C)C)c1)C(=O)NCc1ccc(F)cc1. The van der Waals surface area contributed by atoms with E-state index >= 15 is 0 Å². The van der Waals surface area contributed by atoms with E-state index in [9.17, 15) is 17.6 Å². The maximum atomic E-state index is 12.9. The molecule has 0 fully saturated rings. The molecular weight excluding hydrogens is 387 g/mol. The third-order valence-electron chi connectivity index (χ3n) is 3.93. The number of benzene rings is 2. The van der Waals surface area contributed by atoms with Crippen molar-refractivity contribution in [2.75, 3.05) is 14.1 Å². The topological polar surface area (TPSA) is 66.5 Å². The number of nitrogens with zero attached hydrogens (tertiary/aromatic N) is 1. The highest BCUT2D eigenvalue weighted by molar-refractivity contribution is 7.99. The molecule has 0 aromatic heterocycles. The lowest BCUT2D eigenvalue weighted by molar-refractivity contribution is -0.120. The predicted octanol–water partition coefficient (Wildman–Crippen LogP) is 3.01. The van der Waals surface area contributed by atoms with Gasteiger partial charge in [-0.1, -0.05) is 24.3 Å². The minimum Gasteiger partial charge on any atom is -0.351 e. The average Bonchev–Trinajstić information content (AvgIpc) is 2.65. The van der Waals surface area contributed by atoms with Crippen LogP contribution in [0, 0.1) is 5.82 Å². The summed E-state index contributed by atoms with van der Waals surface area (Å²) < 4.78 is 38.5. The lowest BCUT2D eigenvalue weighted by Crippen LogP contribution is -2.30. The molecule has 2 aromatic rings. The largest absolute Gasteiger partial charge is 0.351 e. The van der Waals surface area contributed by atoms with Gasteiger partial charge in [0.25, 0.3) is 0 Å². The number of halogens is 1. The molecule has 0 bridgehead atoms. The molecule has 2 rings (SSSR count). The van der Waals surface area contributed by atoms with Crippen LogP contribution in [0.4, 0.5) is 4.39 Å². The molecule has 0 heterocycles. The first-order chi connectivity index (χ1) is 12.7. The van der Waals surface area contributed by atoms with Crippen LogP contribution in [0.15, 0.2) is 53.4 Å². The van der Waals surface area contributed by atoms with Gasteiger partial charge in [-0.2, -0.15) is 0 Å². The van der Waals surface area contributed by atoms with Gasteiger partial charge >= 0.3 is 0 Å². The summed E-state index contributed by atoms with van der Waals surface area (Å²) >= 11 is 1.42. The maximum absolute atomic E-state index is 12.9. The summed E-state index contributed by atoms with van der Waals surface area (Å²) in [5.74, 6) is 0.0796. The Hall–Kier alpha value is -1.90. The second-order valence-electron chi connectivity index (χ2n) is 6.23. The maximum Gasteiger partial charge on any atom is 0.242 e. The highest BCUT2D eigenvalue weighted by atomic mass is 32.2. The Balaban J connectivity index is 1.90. The molecule has 0 aliphatic carbocycles. The van der Waals surface area contributed by atoms with Gasteiger partial charge in [0.2, 0.25) is 15.9 Å². The van der Waals surface area contributed by atoms with Gasteiger partial charge in [-0.25, -0.2) is 17.1 Å². The molecule has 0 radical (unpaired) electrons. The van der Waals surface area contributed by atoms with E-state index < -0.39 is 10.0 Å². The van der Waals surface area contributed by atoms with E-state index in [-0.39, 0.29) is 21.9 Å². The highest BCUT2D eigenvalue weighted by Gasteiger charge is 2.18.